The molecule has 1 aliphatic heterocycles. The van der Waals surface area contributed by atoms with Crippen LogP contribution < -0.4 is 5.32 Å². The number of nitrogens with zero attached hydrogens (tertiary/aromatic N) is 4. The maximum absolute atomic E-state index is 13.1. The monoisotopic (exact) mass is 497 g/mol. The third-order valence-electron chi connectivity index (χ3n) is 6.87. The van der Waals surface area contributed by atoms with Gasteiger partial charge in [0.25, 0.3) is 5.89 Å². The summed E-state index contributed by atoms with van der Waals surface area (Å²) in [4.78, 5) is 4.50. The molecule has 0 unspecified atom stereocenters. The van der Waals surface area contributed by atoms with Crippen LogP contribution in [0.15, 0.2) is 65.3 Å². The molecule has 188 valence electrons. The average Bonchev–Trinajstić information content (AvgIpc) is 3.49. The lowest BCUT2D eigenvalue weighted by Crippen LogP contribution is -2.63. The Labute approximate surface area is 206 Å². The van der Waals surface area contributed by atoms with Gasteiger partial charge < -0.3 is 14.9 Å². The van der Waals surface area contributed by atoms with Crippen molar-refractivity contribution >= 4 is 0 Å². The number of halogens is 3. The van der Waals surface area contributed by atoms with Crippen LogP contribution in [0.2, 0.25) is 0 Å². The van der Waals surface area contributed by atoms with Gasteiger partial charge in [-0.15, -0.1) is 0 Å². The molecule has 3 heterocycles. The number of rotatable bonds is 7. The Morgan fingerprint density at radius 2 is 1.78 bits per heavy atom. The fraction of sp³-hybridized carbons (Fsp3) is 0.346. The Kier molecular flexibility index (Phi) is 5.96. The lowest BCUT2D eigenvalue weighted by Gasteiger charge is -2.52. The Balaban J connectivity index is 1.46. The number of nitrogens with one attached hydrogen (secondary N) is 1. The molecule has 4 aromatic rings. The van der Waals surface area contributed by atoms with Crippen molar-refractivity contribution in [3.63, 3.8) is 0 Å². The molecule has 1 saturated heterocycles. The first-order valence-corrected chi connectivity index (χ1v) is 11.6. The number of hydrogen-bond acceptors (Lipinski definition) is 6. The van der Waals surface area contributed by atoms with Gasteiger partial charge in [-0.3, -0.25) is 4.68 Å². The molecule has 0 amide bonds. The predicted molar refractivity (Wildman–Crippen MR) is 126 cm³/mol. The lowest BCUT2D eigenvalue weighted by molar-refractivity contribution is -0.137. The second kappa shape index (κ2) is 8.86. The van der Waals surface area contributed by atoms with Crippen LogP contribution in [0.25, 0.3) is 11.5 Å². The lowest BCUT2D eigenvalue weighted by atomic mass is 9.62. The molecule has 5 rings (SSSR count). The summed E-state index contributed by atoms with van der Waals surface area (Å²) in [6.45, 7) is 5.45. The topological polar surface area (TPSA) is 89.0 Å². The maximum atomic E-state index is 13.1. The van der Waals surface area contributed by atoms with E-state index in [1.807, 2.05) is 30.8 Å². The van der Waals surface area contributed by atoms with E-state index < -0.39 is 22.8 Å². The molecule has 0 aliphatic carbocycles. The van der Waals surface area contributed by atoms with Gasteiger partial charge in [0, 0.05) is 43.2 Å². The first kappa shape index (κ1) is 24.2. The summed E-state index contributed by atoms with van der Waals surface area (Å²) in [6, 6.07) is 13.7. The minimum atomic E-state index is -4.45. The van der Waals surface area contributed by atoms with Crippen LogP contribution in [0.3, 0.4) is 0 Å². The van der Waals surface area contributed by atoms with Gasteiger partial charge in [0.1, 0.15) is 5.60 Å². The first-order valence-electron chi connectivity index (χ1n) is 11.6. The summed E-state index contributed by atoms with van der Waals surface area (Å²) in [5.74, 6) is 0.826. The fourth-order valence-corrected chi connectivity index (χ4v) is 4.67. The van der Waals surface area contributed by atoms with Crippen molar-refractivity contribution in [2.24, 2.45) is 5.41 Å². The summed E-state index contributed by atoms with van der Waals surface area (Å²) < 4.78 is 46.7. The predicted octanol–water partition coefficient (Wildman–Crippen LogP) is 4.35. The number of alkyl halides is 3. The highest BCUT2D eigenvalue weighted by molar-refractivity contribution is 5.56. The summed E-state index contributed by atoms with van der Waals surface area (Å²) in [5.41, 5.74) is -0.471. The van der Waals surface area contributed by atoms with Crippen molar-refractivity contribution in [3.8, 4) is 11.5 Å². The molecule has 2 N–H and O–H groups in total. The molecule has 0 spiro atoms. The zero-order chi connectivity index (χ0) is 25.6. The highest BCUT2D eigenvalue weighted by atomic mass is 19.4. The first-order chi connectivity index (χ1) is 17.1. The van der Waals surface area contributed by atoms with Crippen LogP contribution in [0.5, 0.6) is 0 Å². The Morgan fingerprint density at radius 1 is 1.06 bits per heavy atom. The SMILES string of the molecule is Cc1ccn(CCc2noc(-c3cccc([C@@](O)(c4ccc(C(F)(F)F)cc4)C4(C)CNC4)c3)n2)n1. The van der Waals surface area contributed by atoms with E-state index in [0.29, 0.717) is 54.5 Å². The maximum Gasteiger partial charge on any atom is 0.416 e. The molecule has 7 nitrogen and oxygen atoms in total. The second-order valence-electron chi connectivity index (χ2n) is 9.52. The van der Waals surface area contributed by atoms with Gasteiger partial charge in [-0.25, -0.2) is 0 Å². The van der Waals surface area contributed by atoms with Gasteiger partial charge in [0.2, 0.25) is 0 Å². The molecule has 1 atom stereocenters. The van der Waals surface area contributed by atoms with Gasteiger partial charge in [-0.05, 0) is 48.4 Å². The zero-order valence-corrected chi connectivity index (χ0v) is 19.9. The highest BCUT2D eigenvalue weighted by Crippen LogP contribution is 2.48. The van der Waals surface area contributed by atoms with Crippen LogP contribution in [0.4, 0.5) is 13.2 Å². The van der Waals surface area contributed by atoms with Gasteiger partial charge in [-0.2, -0.15) is 23.3 Å². The number of aryl methyl sites for hydroxylation is 3. The van der Waals surface area contributed by atoms with E-state index in [0.717, 1.165) is 17.8 Å². The number of benzene rings is 2. The molecule has 2 aromatic carbocycles. The molecule has 0 bridgehead atoms. The van der Waals surface area contributed by atoms with Crippen LogP contribution >= 0.6 is 0 Å². The second-order valence-corrected chi connectivity index (χ2v) is 9.52. The molecule has 0 saturated carbocycles. The van der Waals surface area contributed by atoms with Crippen molar-refractivity contribution in [2.75, 3.05) is 13.1 Å². The van der Waals surface area contributed by atoms with Gasteiger partial charge in [-0.1, -0.05) is 36.3 Å². The molecule has 10 heteroatoms. The summed E-state index contributed by atoms with van der Waals surface area (Å²) >= 11 is 0. The molecule has 2 aromatic heterocycles. The Morgan fingerprint density at radius 3 is 2.39 bits per heavy atom. The van der Waals surface area contributed by atoms with Crippen LogP contribution in [-0.4, -0.2) is 38.1 Å². The van der Waals surface area contributed by atoms with Crippen molar-refractivity contribution in [3.05, 3.63) is 89.0 Å². The molecule has 1 aliphatic rings. The minimum Gasteiger partial charge on any atom is -0.380 e. The van der Waals surface area contributed by atoms with E-state index in [4.69, 9.17) is 4.52 Å². The number of aliphatic hydroxyl groups is 1. The van der Waals surface area contributed by atoms with Gasteiger partial charge >= 0.3 is 6.18 Å². The molecule has 1 fully saturated rings. The van der Waals surface area contributed by atoms with E-state index in [1.165, 1.54) is 12.1 Å². The molecule has 0 radical (unpaired) electrons. The third-order valence-corrected chi connectivity index (χ3v) is 6.87. The standard InChI is InChI=1S/C26H26F3N5O2/c1-17-10-12-34(32-17)13-11-22-31-23(36-33-22)18-4-3-5-21(14-18)25(35,24(2)15-30-16-24)19-6-8-20(9-7-19)26(27,28)29/h3-10,12,14,30,35H,11,13,15-16H2,1-2H3/t25-/m0/s1. The van der Waals surface area contributed by atoms with Crippen molar-refractivity contribution in [1.29, 1.82) is 0 Å². The molecular weight excluding hydrogens is 471 g/mol. The molecular formula is C26H26F3N5O2. The van der Waals surface area contributed by atoms with E-state index in [1.54, 1.807) is 24.3 Å². The third kappa shape index (κ3) is 4.31. The van der Waals surface area contributed by atoms with Crippen molar-refractivity contribution in [2.45, 2.75) is 38.6 Å². The van der Waals surface area contributed by atoms with E-state index in [-0.39, 0.29) is 0 Å². The van der Waals surface area contributed by atoms with Gasteiger partial charge in [0.05, 0.1) is 11.3 Å². The summed E-state index contributed by atoms with van der Waals surface area (Å²) in [5, 5.41) is 23.7. The van der Waals surface area contributed by atoms with Gasteiger partial charge in [0.15, 0.2) is 5.82 Å². The minimum absolute atomic E-state index is 0.301. The van der Waals surface area contributed by atoms with E-state index >= 15 is 0 Å². The van der Waals surface area contributed by atoms with E-state index in [9.17, 15) is 18.3 Å². The zero-order valence-electron chi connectivity index (χ0n) is 19.9. The fourth-order valence-electron chi connectivity index (χ4n) is 4.67. The summed E-state index contributed by atoms with van der Waals surface area (Å²) in [7, 11) is 0. The van der Waals surface area contributed by atoms with Crippen LogP contribution in [0, 0.1) is 12.3 Å². The Hall–Kier alpha value is -3.50. The van der Waals surface area contributed by atoms with Crippen LogP contribution in [-0.2, 0) is 24.7 Å². The van der Waals surface area contributed by atoms with Crippen molar-refractivity contribution in [1.82, 2.24) is 25.2 Å². The van der Waals surface area contributed by atoms with E-state index in [2.05, 4.69) is 20.6 Å². The number of hydrogen-bond donors (Lipinski definition) is 2. The summed E-state index contributed by atoms with van der Waals surface area (Å²) in [6.07, 6.45) is -2.04. The number of aromatic nitrogens is 4. The normalized spacial score (nSPS) is 16.9. The van der Waals surface area contributed by atoms with Crippen molar-refractivity contribution < 1.29 is 22.8 Å². The molecule has 36 heavy (non-hydrogen) atoms. The average molecular weight is 498 g/mol. The highest BCUT2D eigenvalue weighted by Gasteiger charge is 2.53. The smallest absolute Gasteiger partial charge is 0.380 e. The Bertz CT molecular complexity index is 1360. The quantitative estimate of drug-likeness (QED) is 0.395. The largest absolute Gasteiger partial charge is 0.416 e. The van der Waals surface area contributed by atoms with Crippen LogP contribution in [0.1, 0.15) is 35.1 Å².